The van der Waals surface area contributed by atoms with Crippen LogP contribution in [0.3, 0.4) is 0 Å². The molecule has 1 saturated carbocycles. The maximum atomic E-state index is 9.04. The van der Waals surface area contributed by atoms with Gasteiger partial charge in [0.15, 0.2) is 0 Å². The summed E-state index contributed by atoms with van der Waals surface area (Å²) in [6.07, 6.45) is 1.05. The fourth-order valence-electron chi connectivity index (χ4n) is 1.53. The van der Waals surface area contributed by atoms with Crippen LogP contribution in [0.25, 0.3) is 0 Å². The van der Waals surface area contributed by atoms with Gasteiger partial charge in [-0.3, -0.25) is 0 Å². The summed E-state index contributed by atoms with van der Waals surface area (Å²) in [5.41, 5.74) is 2.24. The molecule has 1 aliphatic rings. The molecular formula is C10H11ClO. The highest BCUT2D eigenvalue weighted by Gasteiger charge is 2.37. The minimum absolute atomic E-state index is 0.121. The third-order valence-corrected chi connectivity index (χ3v) is 2.82. The van der Waals surface area contributed by atoms with Crippen LogP contribution < -0.4 is 0 Å². The lowest BCUT2D eigenvalue weighted by atomic mass is 10.0. The summed E-state index contributed by atoms with van der Waals surface area (Å²) < 4.78 is 0. The summed E-state index contributed by atoms with van der Waals surface area (Å²) in [6, 6.07) is 7.95. The number of halogens is 1. The van der Waals surface area contributed by atoms with Crippen LogP contribution in [-0.4, -0.2) is 10.5 Å². The summed E-state index contributed by atoms with van der Waals surface area (Å²) in [5.74, 6) is 0.481. The molecule has 2 heteroatoms. The third-order valence-electron chi connectivity index (χ3n) is 2.34. The number of hydrogen-bond acceptors (Lipinski definition) is 1. The van der Waals surface area contributed by atoms with Crippen LogP contribution in [0.15, 0.2) is 24.3 Å². The molecule has 64 valence electrons. The molecule has 0 heterocycles. The van der Waals surface area contributed by atoms with Crippen LogP contribution >= 0.6 is 11.6 Å². The largest absolute Gasteiger partial charge is 0.392 e. The van der Waals surface area contributed by atoms with E-state index in [2.05, 4.69) is 6.07 Å². The Morgan fingerprint density at radius 2 is 2.08 bits per heavy atom. The molecule has 1 aromatic carbocycles. The van der Waals surface area contributed by atoms with Crippen molar-refractivity contribution in [1.82, 2.24) is 0 Å². The summed E-state index contributed by atoms with van der Waals surface area (Å²) in [6.45, 7) is 0.121. The number of rotatable bonds is 2. The highest BCUT2D eigenvalue weighted by atomic mass is 35.5. The topological polar surface area (TPSA) is 20.2 Å². The Kier molecular flexibility index (Phi) is 2.07. The van der Waals surface area contributed by atoms with E-state index in [1.807, 2.05) is 18.2 Å². The zero-order valence-corrected chi connectivity index (χ0v) is 7.46. The van der Waals surface area contributed by atoms with Crippen LogP contribution in [0, 0.1) is 0 Å². The first-order valence-electron chi connectivity index (χ1n) is 4.15. The van der Waals surface area contributed by atoms with E-state index in [1.54, 1.807) is 0 Å². The maximum Gasteiger partial charge on any atom is 0.0684 e. The normalized spacial score (nSPS) is 27.2. The molecule has 0 aliphatic heterocycles. The molecule has 1 nitrogen and oxygen atoms in total. The van der Waals surface area contributed by atoms with Gasteiger partial charge in [0.2, 0.25) is 0 Å². The first-order chi connectivity index (χ1) is 5.83. The van der Waals surface area contributed by atoms with Gasteiger partial charge in [-0.25, -0.2) is 0 Å². The highest BCUT2D eigenvalue weighted by molar-refractivity contribution is 6.23. The molecule has 1 aromatic rings. The van der Waals surface area contributed by atoms with Crippen LogP contribution in [0.2, 0.25) is 0 Å². The molecule has 1 N–H and O–H groups in total. The van der Waals surface area contributed by atoms with Gasteiger partial charge >= 0.3 is 0 Å². The number of hydrogen-bond donors (Lipinski definition) is 1. The van der Waals surface area contributed by atoms with Crippen LogP contribution in [0.1, 0.15) is 23.5 Å². The number of aliphatic hydroxyl groups is 1. The predicted octanol–water partition coefficient (Wildman–Crippen LogP) is 2.27. The number of benzene rings is 1. The molecule has 0 bridgehead atoms. The molecule has 0 spiro atoms. The molecule has 1 aliphatic carbocycles. The molecule has 12 heavy (non-hydrogen) atoms. The van der Waals surface area contributed by atoms with Crippen molar-refractivity contribution in [3.05, 3.63) is 35.4 Å². The van der Waals surface area contributed by atoms with Gasteiger partial charge in [-0.05, 0) is 17.5 Å². The van der Waals surface area contributed by atoms with Gasteiger partial charge in [0.25, 0.3) is 0 Å². The molecule has 2 unspecified atom stereocenters. The lowest BCUT2D eigenvalue weighted by molar-refractivity contribution is 0.280. The van der Waals surface area contributed by atoms with E-state index < -0.39 is 0 Å². The lowest BCUT2D eigenvalue weighted by Gasteiger charge is -2.04. The maximum absolute atomic E-state index is 9.04. The van der Waals surface area contributed by atoms with Gasteiger partial charge in [0.05, 0.1) is 6.61 Å². The van der Waals surface area contributed by atoms with E-state index in [4.69, 9.17) is 16.7 Å². The molecule has 1 fully saturated rings. The van der Waals surface area contributed by atoms with Crippen molar-refractivity contribution in [3.8, 4) is 0 Å². The predicted molar refractivity (Wildman–Crippen MR) is 49.4 cm³/mol. The van der Waals surface area contributed by atoms with Gasteiger partial charge < -0.3 is 5.11 Å². The first-order valence-corrected chi connectivity index (χ1v) is 4.59. The molecular weight excluding hydrogens is 172 g/mol. The van der Waals surface area contributed by atoms with Gasteiger partial charge in [-0.1, -0.05) is 24.3 Å². The highest BCUT2D eigenvalue weighted by Crippen LogP contribution is 2.46. The van der Waals surface area contributed by atoms with E-state index in [0.717, 1.165) is 12.0 Å². The first kappa shape index (κ1) is 8.09. The molecule has 0 amide bonds. The standard InChI is InChI=1S/C10H11ClO/c11-10-5-9(10)8-4-2-1-3-7(8)6-12/h1-4,9-10,12H,5-6H2. The van der Waals surface area contributed by atoms with Crippen LogP contribution in [0.5, 0.6) is 0 Å². The second-order valence-corrected chi connectivity index (χ2v) is 3.78. The minimum atomic E-state index is 0.121. The van der Waals surface area contributed by atoms with Gasteiger partial charge in [0.1, 0.15) is 0 Å². The van der Waals surface area contributed by atoms with Gasteiger partial charge in [-0.15, -0.1) is 11.6 Å². The van der Waals surface area contributed by atoms with Crippen LogP contribution in [-0.2, 0) is 6.61 Å². The van der Waals surface area contributed by atoms with Crippen molar-refractivity contribution in [1.29, 1.82) is 0 Å². The van der Waals surface area contributed by atoms with Crippen molar-refractivity contribution >= 4 is 11.6 Å². The minimum Gasteiger partial charge on any atom is -0.392 e. The van der Waals surface area contributed by atoms with Crippen molar-refractivity contribution in [2.45, 2.75) is 24.3 Å². The van der Waals surface area contributed by atoms with E-state index in [9.17, 15) is 0 Å². The lowest BCUT2D eigenvalue weighted by Crippen LogP contribution is -1.92. The fourth-order valence-corrected chi connectivity index (χ4v) is 1.85. The molecule has 0 radical (unpaired) electrons. The Hall–Kier alpha value is -0.530. The Bertz CT molecular complexity index is 285. The second kappa shape index (κ2) is 3.08. The Morgan fingerprint density at radius 3 is 2.67 bits per heavy atom. The summed E-state index contributed by atoms with van der Waals surface area (Å²) >= 11 is 5.93. The Balaban J connectivity index is 2.29. The fraction of sp³-hybridized carbons (Fsp3) is 0.400. The zero-order valence-electron chi connectivity index (χ0n) is 6.70. The zero-order chi connectivity index (χ0) is 8.55. The summed E-state index contributed by atoms with van der Waals surface area (Å²) in [4.78, 5) is 0. The molecule has 0 aromatic heterocycles. The Labute approximate surface area is 77.0 Å². The number of aliphatic hydroxyl groups excluding tert-OH is 1. The number of alkyl halides is 1. The summed E-state index contributed by atoms with van der Waals surface area (Å²) in [7, 11) is 0. The van der Waals surface area contributed by atoms with E-state index >= 15 is 0 Å². The smallest absolute Gasteiger partial charge is 0.0684 e. The third kappa shape index (κ3) is 1.35. The average Bonchev–Trinajstić information content (AvgIpc) is 2.83. The van der Waals surface area contributed by atoms with Gasteiger partial charge in [-0.2, -0.15) is 0 Å². The SMILES string of the molecule is OCc1ccccc1C1CC1Cl. The van der Waals surface area contributed by atoms with Crippen molar-refractivity contribution in [3.63, 3.8) is 0 Å². The van der Waals surface area contributed by atoms with Gasteiger partial charge in [0, 0.05) is 11.3 Å². The molecule has 2 rings (SSSR count). The quantitative estimate of drug-likeness (QED) is 0.696. The van der Waals surface area contributed by atoms with E-state index in [-0.39, 0.29) is 12.0 Å². The van der Waals surface area contributed by atoms with Crippen LogP contribution in [0.4, 0.5) is 0 Å². The Morgan fingerprint density at radius 1 is 1.42 bits per heavy atom. The monoisotopic (exact) mass is 182 g/mol. The molecule has 2 atom stereocenters. The van der Waals surface area contributed by atoms with Crippen molar-refractivity contribution < 1.29 is 5.11 Å². The molecule has 0 saturated heterocycles. The van der Waals surface area contributed by atoms with Crippen molar-refractivity contribution in [2.75, 3.05) is 0 Å². The van der Waals surface area contributed by atoms with E-state index in [1.165, 1.54) is 5.56 Å². The van der Waals surface area contributed by atoms with Crippen molar-refractivity contribution in [2.24, 2.45) is 0 Å². The second-order valence-electron chi connectivity index (χ2n) is 3.22. The average molecular weight is 183 g/mol. The van der Waals surface area contributed by atoms with E-state index in [0.29, 0.717) is 5.92 Å². The summed E-state index contributed by atoms with van der Waals surface area (Å²) in [5, 5.41) is 9.33.